The summed E-state index contributed by atoms with van der Waals surface area (Å²) in [7, 11) is 1.78. The van der Waals surface area contributed by atoms with Crippen molar-refractivity contribution in [2.45, 2.75) is 12.8 Å². The van der Waals surface area contributed by atoms with Gasteiger partial charge in [0.25, 0.3) is 5.91 Å². The van der Waals surface area contributed by atoms with E-state index in [0.717, 1.165) is 11.2 Å². The molecule has 0 aliphatic heterocycles. The number of benzene rings is 1. The summed E-state index contributed by atoms with van der Waals surface area (Å²) in [6, 6.07) is 4.79. The first-order valence-corrected chi connectivity index (χ1v) is 7.11. The molecule has 0 spiro atoms. The first kappa shape index (κ1) is 12.4. The molecule has 1 fully saturated rings. The second kappa shape index (κ2) is 4.49. The van der Waals surface area contributed by atoms with Gasteiger partial charge in [0.15, 0.2) is 0 Å². The van der Waals surface area contributed by atoms with Gasteiger partial charge < -0.3 is 10.6 Å². The van der Waals surface area contributed by atoms with Gasteiger partial charge in [-0.05, 0) is 30.9 Å². The lowest BCUT2D eigenvalue weighted by molar-refractivity contribution is 0.0794. The highest BCUT2D eigenvalue weighted by Crippen LogP contribution is 2.36. The molecule has 1 saturated carbocycles. The first-order valence-electron chi connectivity index (χ1n) is 6.30. The summed E-state index contributed by atoms with van der Waals surface area (Å²) in [5.41, 5.74) is 6.22. The summed E-state index contributed by atoms with van der Waals surface area (Å²) in [5.74, 6) is 0.154. The van der Waals surface area contributed by atoms with Crippen LogP contribution in [0.2, 0.25) is 0 Å². The molecule has 100 valence electrons. The smallest absolute Gasteiger partial charge is 0.265 e. The van der Waals surface area contributed by atoms with E-state index in [1.807, 2.05) is 0 Å². The van der Waals surface area contributed by atoms with Crippen molar-refractivity contribution in [3.63, 3.8) is 0 Å². The predicted octanol–water partition coefficient (Wildman–Crippen LogP) is 3.10. The molecule has 3 nitrogen and oxygen atoms in total. The Kier molecular flexibility index (Phi) is 2.93. The number of hydrogen-bond acceptors (Lipinski definition) is 3. The SMILES string of the molecule is CN(CC1CC1)C(=O)c1sc2cccc(F)c2c1N. The van der Waals surface area contributed by atoms with Gasteiger partial charge in [-0.15, -0.1) is 11.3 Å². The predicted molar refractivity (Wildman–Crippen MR) is 75.9 cm³/mol. The summed E-state index contributed by atoms with van der Waals surface area (Å²) >= 11 is 1.27. The Morgan fingerprint density at radius 3 is 2.89 bits per heavy atom. The van der Waals surface area contributed by atoms with E-state index >= 15 is 0 Å². The fraction of sp³-hybridized carbons (Fsp3) is 0.357. The summed E-state index contributed by atoms with van der Waals surface area (Å²) in [5, 5.41) is 0.371. The van der Waals surface area contributed by atoms with Crippen molar-refractivity contribution < 1.29 is 9.18 Å². The number of rotatable bonds is 3. The number of anilines is 1. The summed E-state index contributed by atoms with van der Waals surface area (Å²) < 4.78 is 14.5. The number of halogens is 1. The number of nitrogens with zero attached hydrogens (tertiary/aromatic N) is 1. The molecular weight excluding hydrogens is 263 g/mol. The van der Waals surface area contributed by atoms with Crippen LogP contribution in [0.1, 0.15) is 22.5 Å². The largest absolute Gasteiger partial charge is 0.397 e. The molecule has 19 heavy (non-hydrogen) atoms. The first-order chi connectivity index (χ1) is 9.08. The van der Waals surface area contributed by atoms with E-state index < -0.39 is 0 Å². The number of carbonyl (C=O) groups is 1. The molecule has 1 aromatic heterocycles. The Hall–Kier alpha value is -1.62. The van der Waals surface area contributed by atoms with Crippen LogP contribution in [0, 0.1) is 11.7 Å². The molecule has 1 aliphatic carbocycles. The molecule has 1 aromatic carbocycles. The second-order valence-electron chi connectivity index (χ2n) is 5.09. The van der Waals surface area contributed by atoms with Crippen LogP contribution in [0.3, 0.4) is 0 Å². The Balaban J connectivity index is 1.97. The van der Waals surface area contributed by atoms with E-state index in [4.69, 9.17) is 5.73 Å². The van der Waals surface area contributed by atoms with Gasteiger partial charge in [0.05, 0.1) is 11.1 Å². The standard InChI is InChI=1S/C14H15FN2OS/c1-17(7-8-5-6-8)14(18)13-12(16)11-9(15)3-2-4-10(11)19-13/h2-4,8H,5-7,16H2,1H3. The van der Waals surface area contributed by atoms with Gasteiger partial charge in [-0.1, -0.05) is 6.07 Å². The van der Waals surface area contributed by atoms with Gasteiger partial charge >= 0.3 is 0 Å². The fourth-order valence-electron chi connectivity index (χ4n) is 2.23. The molecule has 0 radical (unpaired) electrons. The van der Waals surface area contributed by atoms with Crippen molar-refractivity contribution in [2.75, 3.05) is 19.3 Å². The zero-order chi connectivity index (χ0) is 13.6. The normalized spacial score (nSPS) is 14.8. The third kappa shape index (κ3) is 2.18. The van der Waals surface area contributed by atoms with Crippen molar-refractivity contribution in [2.24, 2.45) is 5.92 Å². The van der Waals surface area contributed by atoms with Crippen molar-refractivity contribution in [1.29, 1.82) is 0 Å². The van der Waals surface area contributed by atoms with Crippen LogP contribution in [0.4, 0.5) is 10.1 Å². The Labute approximate surface area is 114 Å². The maximum Gasteiger partial charge on any atom is 0.265 e. The van der Waals surface area contributed by atoms with E-state index in [1.165, 1.54) is 30.2 Å². The number of hydrogen-bond donors (Lipinski definition) is 1. The van der Waals surface area contributed by atoms with Gasteiger partial charge in [-0.3, -0.25) is 4.79 Å². The van der Waals surface area contributed by atoms with Crippen LogP contribution < -0.4 is 5.73 Å². The van der Waals surface area contributed by atoms with Crippen molar-refractivity contribution in [3.8, 4) is 0 Å². The average Bonchev–Trinajstić information content (AvgIpc) is 3.12. The summed E-state index contributed by atoms with van der Waals surface area (Å²) in [4.78, 5) is 14.5. The molecule has 3 rings (SSSR count). The third-order valence-corrected chi connectivity index (χ3v) is 4.63. The minimum absolute atomic E-state index is 0.106. The minimum Gasteiger partial charge on any atom is -0.397 e. The van der Waals surface area contributed by atoms with Crippen LogP contribution in [0.25, 0.3) is 10.1 Å². The molecule has 2 N–H and O–H groups in total. The molecule has 0 saturated heterocycles. The topological polar surface area (TPSA) is 46.3 Å². The highest BCUT2D eigenvalue weighted by molar-refractivity contribution is 7.21. The van der Waals surface area contributed by atoms with Crippen LogP contribution in [0.5, 0.6) is 0 Å². The van der Waals surface area contributed by atoms with Crippen molar-refractivity contribution in [1.82, 2.24) is 4.90 Å². The monoisotopic (exact) mass is 278 g/mol. The zero-order valence-corrected chi connectivity index (χ0v) is 11.5. The quantitative estimate of drug-likeness (QED) is 0.937. The number of fused-ring (bicyclic) bond motifs is 1. The molecule has 1 heterocycles. The number of thiophene rings is 1. The zero-order valence-electron chi connectivity index (χ0n) is 10.6. The van der Waals surface area contributed by atoms with Gasteiger partial charge in [-0.25, -0.2) is 4.39 Å². The highest BCUT2D eigenvalue weighted by atomic mass is 32.1. The number of carbonyl (C=O) groups excluding carboxylic acids is 1. The molecule has 0 unspecified atom stereocenters. The van der Waals surface area contributed by atoms with E-state index in [1.54, 1.807) is 24.1 Å². The molecule has 1 aliphatic rings. The Morgan fingerprint density at radius 1 is 1.53 bits per heavy atom. The molecule has 0 atom stereocenters. The van der Waals surface area contributed by atoms with Crippen LogP contribution in [0.15, 0.2) is 18.2 Å². The van der Waals surface area contributed by atoms with E-state index in [9.17, 15) is 9.18 Å². The molecule has 1 amide bonds. The van der Waals surface area contributed by atoms with Crippen LogP contribution in [-0.2, 0) is 0 Å². The number of nitrogens with two attached hydrogens (primary N) is 1. The molecular formula is C14H15FN2OS. The molecule has 5 heteroatoms. The van der Waals surface area contributed by atoms with Crippen molar-refractivity contribution >= 4 is 33.0 Å². The fourth-order valence-corrected chi connectivity index (χ4v) is 3.36. The van der Waals surface area contributed by atoms with Crippen molar-refractivity contribution in [3.05, 3.63) is 28.9 Å². The lowest BCUT2D eigenvalue weighted by Crippen LogP contribution is -2.28. The van der Waals surface area contributed by atoms with E-state index in [0.29, 0.717) is 16.2 Å². The van der Waals surface area contributed by atoms with E-state index in [-0.39, 0.29) is 17.4 Å². The Morgan fingerprint density at radius 2 is 2.26 bits per heavy atom. The Bertz CT molecular complexity index is 648. The van der Waals surface area contributed by atoms with Crippen LogP contribution in [-0.4, -0.2) is 24.4 Å². The lowest BCUT2D eigenvalue weighted by atomic mass is 10.2. The lowest BCUT2D eigenvalue weighted by Gasteiger charge is -2.15. The summed E-state index contributed by atoms with van der Waals surface area (Å²) in [6.07, 6.45) is 2.38. The maximum absolute atomic E-state index is 13.7. The number of nitrogen functional groups attached to an aromatic ring is 1. The van der Waals surface area contributed by atoms with Gasteiger partial charge in [0.1, 0.15) is 10.7 Å². The van der Waals surface area contributed by atoms with Gasteiger partial charge in [0, 0.05) is 18.3 Å². The molecule has 0 bridgehead atoms. The van der Waals surface area contributed by atoms with Gasteiger partial charge in [0.2, 0.25) is 0 Å². The number of amides is 1. The average molecular weight is 278 g/mol. The highest BCUT2D eigenvalue weighted by Gasteiger charge is 2.27. The third-order valence-electron chi connectivity index (χ3n) is 3.47. The maximum atomic E-state index is 13.7. The summed E-state index contributed by atoms with van der Waals surface area (Å²) in [6.45, 7) is 0.759. The van der Waals surface area contributed by atoms with Gasteiger partial charge in [-0.2, -0.15) is 0 Å². The minimum atomic E-state index is -0.366. The molecule has 2 aromatic rings. The van der Waals surface area contributed by atoms with Crippen LogP contribution >= 0.6 is 11.3 Å². The van der Waals surface area contributed by atoms with E-state index in [2.05, 4.69) is 0 Å². The second-order valence-corrected chi connectivity index (χ2v) is 6.14.